The number of carbonyl (C=O) groups excluding carboxylic acids is 1. The third-order valence-electron chi connectivity index (χ3n) is 8.39. The molecule has 4 rings (SSSR count). The van der Waals surface area contributed by atoms with E-state index in [-0.39, 0.29) is 11.8 Å². The Hall–Kier alpha value is -1.16. The molecule has 0 aromatic rings. The van der Waals surface area contributed by atoms with Crippen molar-refractivity contribution in [2.24, 2.45) is 34.0 Å². The molecule has 0 amide bonds. The number of rotatable bonds is 1. The van der Waals surface area contributed by atoms with Crippen molar-refractivity contribution in [1.82, 2.24) is 0 Å². The van der Waals surface area contributed by atoms with Gasteiger partial charge in [-0.1, -0.05) is 25.5 Å². The van der Waals surface area contributed by atoms with Gasteiger partial charge in [0.15, 0.2) is 0 Å². The first-order chi connectivity index (χ1) is 11.2. The Labute approximate surface area is 143 Å². The van der Waals surface area contributed by atoms with Crippen molar-refractivity contribution in [2.75, 3.05) is 0 Å². The largest absolute Gasteiger partial charge is 0.481 e. The third-order valence-corrected chi connectivity index (χ3v) is 8.39. The van der Waals surface area contributed by atoms with Crippen LogP contribution in [-0.4, -0.2) is 28.1 Å². The van der Waals surface area contributed by atoms with Crippen molar-refractivity contribution < 1.29 is 19.8 Å². The Kier molecular flexibility index (Phi) is 3.21. The van der Waals surface area contributed by atoms with Gasteiger partial charge in [-0.15, -0.1) is 0 Å². The molecule has 0 heterocycles. The quantitative estimate of drug-likeness (QED) is 0.723. The second-order valence-corrected chi connectivity index (χ2v) is 9.20. The Morgan fingerprint density at radius 3 is 2.62 bits per heavy atom. The van der Waals surface area contributed by atoms with E-state index in [1.807, 2.05) is 20.8 Å². The van der Waals surface area contributed by atoms with Gasteiger partial charge in [-0.2, -0.15) is 0 Å². The van der Waals surface area contributed by atoms with E-state index < -0.39 is 28.3 Å². The van der Waals surface area contributed by atoms with Crippen LogP contribution < -0.4 is 0 Å². The van der Waals surface area contributed by atoms with Gasteiger partial charge in [0.2, 0.25) is 0 Å². The van der Waals surface area contributed by atoms with Crippen molar-refractivity contribution in [3.8, 4) is 0 Å². The molecule has 4 heteroatoms. The summed E-state index contributed by atoms with van der Waals surface area (Å²) in [6.07, 6.45) is 5.93. The van der Waals surface area contributed by atoms with E-state index in [1.165, 1.54) is 0 Å². The van der Waals surface area contributed by atoms with E-state index in [9.17, 15) is 19.8 Å². The standard InChI is InChI=1S/C20H28O4/c1-11-12-4-5-14-19(3)13(6-9-20(14,10-12)16(11)22)18(2,17(23)24)8-7-15(19)21/h5,11-13,15,21H,4,6-10H2,1-3H3,(H,23,24)/t11-,12+,13+,15-,18+,19+,20+/m0/s1. The average molecular weight is 332 g/mol. The topological polar surface area (TPSA) is 74.6 Å². The Balaban J connectivity index is 1.86. The molecular formula is C20H28O4. The van der Waals surface area contributed by atoms with Crippen LogP contribution in [0.15, 0.2) is 11.6 Å². The predicted octanol–water partition coefficient (Wildman–Crippen LogP) is 3.19. The Bertz CT molecular complexity index is 652. The molecule has 0 saturated heterocycles. The summed E-state index contributed by atoms with van der Waals surface area (Å²) in [7, 11) is 0. The predicted molar refractivity (Wildman–Crippen MR) is 89.2 cm³/mol. The molecule has 4 nitrogen and oxygen atoms in total. The summed E-state index contributed by atoms with van der Waals surface area (Å²) >= 11 is 0. The summed E-state index contributed by atoms with van der Waals surface area (Å²) in [6, 6.07) is 0. The van der Waals surface area contributed by atoms with E-state index in [0.717, 1.165) is 31.3 Å². The minimum absolute atomic E-state index is 0.0884. The van der Waals surface area contributed by atoms with E-state index in [4.69, 9.17) is 0 Å². The molecule has 0 aromatic heterocycles. The fourth-order valence-corrected chi connectivity index (χ4v) is 6.90. The maximum absolute atomic E-state index is 13.1. The number of aliphatic hydroxyl groups excluding tert-OH is 1. The van der Waals surface area contributed by atoms with Crippen LogP contribution in [0.25, 0.3) is 0 Å². The summed E-state index contributed by atoms with van der Waals surface area (Å²) in [6.45, 7) is 5.92. The molecule has 7 atom stereocenters. The van der Waals surface area contributed by atoms with Crippen LogP contribution in [0.1, 0.15) is 59.3 Å². The molecule has 0 aromatic carbocycles. The zero-order valence-corrected chi connectivity index (χ0v) is 14.8. The minimum Gasteiger partial charge on any atom is -0.481 e. The lowest BCUT2D eigenvalue weighted by Crippen LogP contribution is -2.60. The number of aliphatic carboxylic acids is 1. The van der Waals surface area contributed by atoms with Gasteiger partial charge in [0, 0.05) is 11.3 Å². The van der Waals surface area contributed by atoms with Crippen LogP contribution in [0.4, 0.5) is 0 Å². The first-order valence-corrected chi connectivity index (χ1v) is 9.35. The normalized spacial score (nSPS) is 53.2. The molecule has 0 aliphatic heterocycles. The molecular weight excluding hydrogens is 304 g/mol. The van der Waals surface area contributed by atoms with Crippen LogP contribution in [0.2, 0.25) is 0 Å². The van der Waals surface area contributed by atoms with E-state index >= 15 is 0 Å². The molecule has 0 radical (unpaired) electrons. The maximum atomic E-state index is 13.1. The number of carboxylic acid groups (broad SMARTS) is 1. The van der Waals surface area contributed by atoms with Crippen molar-refractivity contribution in [1.29, 1.82) is 0 Å². The van der Waals surface area contributed by atoms with Crippen LogP contribution in [0, 0.1) is 34.0 Å². The van der Waals surface area contributed by atoms with Crippen LogP contribution in [0.5, 0.6) is 0 Å². The number of carboxylic acids is 1. The van der Waals surface area contributed by atoms with Crippen molar-refractivity contribution in [3.63, 3.8) is 0 Å². The number of allylic oxidation sites excluding steroid dienone is 1. The van der Waals surface area contributed by atoms with Crippen molar-refractivity contribution in [2.45, 2.75) is 65.4 Å². The van der Waals surface area contributed by atoms with Gasteiger partial charge in [0.1, 0.15) is 5.78 Å². The number of carbonyl (C=O) groups is 2. The smallest absolute Gasteiger partial charge is 0.309 e. The monoisotopic (exact) mass is 332 g/mol. The first-order valence-electron chi connectivity index (χ1n) is 9.35. The van der Waals surface area contributed by atoms with Crippen LogP contribution in [0.3, 0.4) is 0 Å². The lowest BCUT2D eigenvalue weighted by molar-refractivity contribution is -0.172. The third kappa shape index (κ3) is 1.63. The fourth-order valence-electron chi connectivity index (χ4n) is 6.90. The molecule has 2 N–H and O–H groups in total. The van der Waals surface area contributed by atoms with Gasteiger partial charge in [-0.05, 0) is 57.3 Å². The Morgan fingerprint density at radius 1 is 1.25 bits per heavy atom. The molecule has 1 spiro atoms. The van der Waals surface area contributed by atoms with E-state index in [2.05, 4.69) is 6.08 Å². The fraction of sp³-hybridized carbons (Fsp3) is 0.800. The number of Topliss-reactive ketones (excluding diaryl/α,β-unsaturated/α-hetero) is 1. The lowest BCUT2D eigenvalue weighted by atomic mass is 9.43. The highest BCUT2D eigenvalue weighted by molar-refractivity contribution is 5.93. The lowest BCUT2D eigenvalue weighted by Gasteiger charge is -2.61. The summed E-state index contributed by atoms with van der Waals surface area (Å²) in [5, 5.41) is 20.8. The number of hydrogen-bond acceptors (Lipinski definition) is 3. The zero-order chi connectivity index (χ0) is 17.5. The highest BCUT2D eigenvalue weighted by Gasteiger charge is 2.68. The molecule has 3 saturated carbocycles. The van der Waals surface area contributed by atoms with Gasteiger partial charge in [-0.25, -0.2) is 0 Å². The number of hydrogen-bond donors (Lipinski definition) is 2. The maximum Gasteiger partial charge on any atom is 0.309 e. The molecule has 24 heavy (non-hydrogen) atoms. The molecule has 4 aliphatic carbocycles. The summed E-state index contributed by atoms with van der Waals surface area (Å²) in [5.41, 5.74) is -0.753. The van der Waals surface area contributed by atoms with Gasteiger partial charge < -0.3 is 10.2 Å². The van der Waals surface area contributed by atoms with E-state index in [1.54, 1.807) is 0 Å². The first kappa shape index (κ1) is 16.3. The van der Waals surface area contributed by atoms with Crippen LogP contribution >= 0.6 is 0 Å². The summed E-state index contributed by atoms with van der Waals surface area (Å²) < 4.78 is 0. The summed E-state index contributed by atoms with van der Waals surface area (Å²) in [4.78, 5) is 25.2. The second-order valence-electron chi connectivity index (χ2n) is 9.20. The molecule has 132 valence electrons. The van der Waals surface area contributed by atoms with Gasteiger partial charge >= 0.3 is 5.97 Å². The van der Waals surface area contributed by atoms with Crippen molar-refractivity contribution in [3.05, 3.63) is 11.6 Å². The minimum atomic E-state index is -0.819. The highest BCUT2D eigenvalue weighted by atomic mass is 16.4. The zero-order valence-electron chi connectivity index (χ0n) is 14.8. The van der Waals surface area contributed by atoms with Gasteiger partial charge in [0.05, 0.1) is 16.9 Å². The van der Waals surface area contributed by atoms with Gasteiger partial charge in [0.25, 0.3) is 0 Å². The van der Waals surface area contributed by atoms with Crippen LogP contribution in [-0.2, 0) is 9.59 Å². The number of aliphatic hydroxyl groups is 1. The second kappa shape index (κ2) is 4.72. The number of ketones is 1. The van der Waals surface area contributed by atoms with Crippen molar-refractivity contribution >= 4 is 11.8 Å². The molecule has 0 unspecified atom stereocenters. The van der Waals surface area contributed by atoms with Gasteiger partial charge in [-0.3, -0.25) is 9.59 Å². The number of fused-ring (bicyclic) bond motifs is 3. The summed E-state index contributed by atoms with van der Waals surface area (Å²) in [5.74, 6) is -0.0189. The molecule has 2 bridgehead atoms. The molecule has 4 aliphatic rings. The Morgan fingerprint density at radius 2 is 1.96 bits per heavy atom. The van der Waals surface area contributed by atoms with E-state index in [0.29, 0.717) is 24.5 Å². The average Bonchev–Trinajstić information content (AvgIpc) is 2.72. The molecule has 3 fully saturated rings. The highest BCUT2D eigenvalue weighted by Crippen LogP contribution is 2.69. The SMILES string of the molecule is C[C@@H]1C(=O)[C@@]23CC[C@H]4[C@](C)(C2=CC[C@@H]1C3)[C@@H](O)CC[C@@]4(C)C(=O)O.